The van der Waals surface area contributed by atoms with E-state index in [4.69, 9.17) is 14.2 Å². The smallest absolute Gasteiger partial charge is 0.344 e. The van der Waals surface area contributed by atoms with Crippen LogP contribution in [-0.4, -0.2) is 31.7 Å². The van der Waals surface area contributed by atoms with Gasteiger partial charge in [-0.25, -0.2) is 4.79 Å². The van der Waals surface area contributed by atoms with Gasteiger partial charge in [-0.1, -0.05) is 6.07 Å². The van der Waals surface area contributed by atoms with Gasteiger partial charge in [-0.3, -0.25) is 4.79 Å². The van der Waals surface area contributed by atoms with E-state index in [1.165, 1.54) is 0 Å². The standard InChI is InChI=1S/C21H23NO5/c1-14-9-15(2)11-18(10-14)25-7-8-26-21(24)13-27-17-4-5-19-16(12-17)3-6-20(23)22-19/h4-5,9-12H,3,6-8,13H2,1-2H3,(H,22,23). The SMILES string of the molecule is Cc1cc(C)cc(OCCOC(=O)COc2ccc3c(c2)CCC(=O)N3)c1. The van der Waals surface area contributed by atoms with Crippen molar-refractivity contribution in [3.05, 3.63) is 53.1 Å². The number of nitrogens with one attached hydrogen (secondary N) is 1. The first-order chi connectivity index (χ1) is 13.0. The summed E-state index contributed by atoms with van der Waals surface area (Å²) in [5.74, 6) is 0.905. The zero-order valence-electron chi connectivity index (χ0n) is 15.5. The van der Waals surface area contributed by atoms with Gasteiger partial charge in [0.15, 0.2) is 6.61 Å². The maximum atomic E-state index is 11.8. The lowest BCUT2D eigenvalue weighted by molar-refractivity contribution is -0.146. The lowest BCUT2D eigenvalue weighted by Crippen LogP contribution is -2.20. The van der Waals surface area contributed by atoms with Crippen LogP contribution in [0.25, 0.3) is 0 Å². The van der Waals surface area contributed by atoms with Crippen molar-refractivity contribution >= 4 is 17.6 Å². The van der Waals surface area contributed by atoms with Crippen molar-refractivity contribution in [2.45, 2.75) is 26.7 Å². The molecule has 0 unspecified atom stereocenters. The second-order valence-electron chi connectivity index (χ2n) is 6.55. The minimum atomic E-state index is -0.454. The molecule has 142 valence electrons. The molecule has 1 amide bonds. The lowest BCUT2D eigenvalue weighted by atomic mass is 10.0. The van der Waals surface area contributed by atoms with Crippen molar-refractivity contribution in [3.8, 4) is 11.5 Å². The van der Waals surface area contributed by atoms with Gasteiger partial charge in [0.2, 0.25) is 5.91 Å². The Morgan fingerprint density at radius 1 is 0.963 bits per heavy atom. The molecule has 0 atom stereocenters. The summed E-state index contributed by atoms with van der Waals surface area (Å²) in [5.41, 5.74) is 4.05. The molecule has 27 heavy (non-hydrogen) atoms. The van der Waals surface area contributed by atoms with Crippen LogP contribution in [0, 0.1) is 13.8 Å². The molecule has 2 aromatic rings. The molecular weight excluding hydrogens is 346 g/mol. The minimum absolute atomic E-state index is 0.0165. The van der Waals surface area contributed by atoms with Crippen LogP contribution in [0.15, 0.2) is 36.4 Å². The molecule has 0 aliphatic carbocycles. The molecule has 6 heteroatoms. The summed E-state index contributed by atoms with van der Waals surface area (Å²) in [6.45, 7) is 4.28. The number of carbonyl (C=O) groups excluding carboxylic acids is 2. The number of aryl methyl sites for hydroxylation is 3. The molecule has 6 nitrogen and oxygen atoms in total. The molecule has 0 spiro atoms. The van der Waals surface area contributed by atoms with Crippen molar-refractivity contribution in [3.63, 3.8) is 0 Å². The number of hydrogen-bond donors (Lipinski definition) is 1. The quantitative estimate of drug-likeness (QED) is 0.599. The molecule has 1 N–H and O–H groups in total. The number of fused-ring (bicyclic) bond motifs is 1. The molecule has 1 aliphatic rings. The van der Waals surface area contributed by atoms with Gasteiger partial charge in [0.25, 0.3) is 0 Å². The summed E-state index contributed by atoms with van der Waals surface area (Å²) in [6.07, 6.45) is 1.12. The highest BCUT2D eigenvalue weighted by atomic mass is 16.6. The molecule has 3 rings (SSSR count). The van der Waals surface area contributed by atoms with Crippen molar-refractivity contribution in [2.24, 2.45) is 0 Å². The molecule has 0 fully saturated rings. The highest BCUT2D eigenvalue weighted by Crippen LogP contribution is 2.26. The van der Waals surface area contributed by atoms with E-state index in [0.29, 0.717) is 18.6 Å². The third-order valence-electron chi connectivity index (χ3n) is 4.14. The van der Waals surface area contributed by atoms with E-state index in [-0.39, 0.29) is 25.7 Å². The largest absolute Gasteiger partial charge is 0.490 e. The van der Waals surface area contributed by atoms with Gasteiger partial charge in [-0.2, -0.15) is 0 Å². The number of hydrogen-bond acceptors (Lipinski definition) is 5. The monoisotopic (exact) mass is 369 g/mol. The maximum absolute atomic E-state index is 11.8. The third-order valence-corrected chi connectivity index (χ3v) is 4.14. The number of rotatable bonds is 7. The van der Waals surface area contributed by atoms with Crippen LogP contribution in [0.5, 0.6) is 11.5 Å². The van der Waals surface area contributed by atoms with E-state index in [2.05, 4.69) is 11.4 Å². The van der Waals surface area contributed by atoms with E-state index < -0.39 is 5.97 Å². The first kappa shape index (κ1) is 18.8. The molecule has 0 aromatic heterocycles. The Morgan fingerprint density at radius 3 is 2.52 bits per heavy atom. The second kappa shape index (κ2) is 8.58. The Balaban J connectivity index is 1.39. The van der Waals surface area contributed by atoms with Crippen molar-refractivity contribution in [2.75, 3.05) is 25.1 Å². The fourth-order valence-electron chi connectivity index (χ4n) is 2.96. The molecule has 1 aliphatic heterocycles. The number of amides is 1. The van der Waals surface area contributed by atoms with Gasteiger partial charge in [-0.05, 0) is 67.3 Å². The number of esters is 1. The first-order valence-electron chi connectivity index (χ1n) is 8.92. The zero-order valence-corrected chi connectivity index (χ0v) is 15.5. The van der Waals surface area contributed by atoms with Crippen molar-refractivity contribution in [1.82, 2.24) is 0 Å². The number of ether oxygens (including phenoxy) is 3. The fraction of sp³-hybridized carbons (Fsp3) is 0.333. The van der Waals surface area contributed by atoms with E-state index in [9.17, 15) is 9.59 Å². The Hall–Kier alpha value is -3.02. The predicted octanol–water partition coefficient (Wildman–Crippen LogP) is 3.19. The summed E-state index contributed by atoms with van der Waals surface area (Å²) < 4.78 is 16.2. The highest BCUT2D eigenvalue weighted by Gasteiger charge is 2.15. The number of benzene rings is 2. The Kier molecular flexibility index (Phi) is 5.96. The van der Waals surface area contributed by atoms with E-state index in [0.717, 1.165) is 28.1 Å². The fourth-order valence-corrected chi connectivity index (χ4v) is 2.96. The van der Waals surface area contributed by atoms with Gasteiger partial charge >= 0.3 is 5.97 Å². The van der Waals surface area contributed by atoms with Gasteiger partial charge in [0.05, 0.1) is 0 Å². The van der Waals surface area contributed by atoms with E-state index in [1.54, 1.807) is 12.1 Å². The number of carbonyl (C=O) groups is 2. The highest BCUT2D eigenvalue weighted by molar-refractivity contribution is 5.94. The summed E-state index contributed by atoms with van der Waals surface area (Å²) in [7, 11) is 0. The Bertz CT molecular complexity index is 826. The molecule has 2 aromatic carbocycles. The van der Waals surface area contributed by atoms with Crippen LogP contribution in [-0.2, 0) is 20.7 Å². The van der Waals surface area contributed by atoms with Crippen molar-refractivity contribution < 1.29 is 23.8 Å². The normalized spacial score (nSPS) is 12.7. The van der Waals surface area contributed by atoms with Crippen LogP contribution < -0.4 is 14.8 Å². The average Bonchev–Trinajstić information content (AvgIpc) is 2.62. The summed E-state index contributed by atoms with van der Waals surface area (Å²) in [5, 5.41) is 2.81. The van der Waals surface area contributed by atoms with E-state index >= 15 is 0 Å². The van der Waals surface area contributed by atoms with Gasteiger partial charge in [-0.15, -0.1) is 0 Å². The summed E-state index contributed by atoms with van der Waals surface area (Å²) in [4.78, 5) is 23.2. The number of anilines is 1. The topological polar surface area (TPSA) is 73.9 Å². The first-order valence-corrected chi connectivity index (χ1v) is 8.92. The van der Waals surface area contributed by atoms with E-state index in [1.807, 2.05) is 32.0 Å². The molecule has 0 radical (unpaired) electrons. The summed E-state index contributed by atoms with van der Waals surface area (Å²) >= 11 is 0. The van der Waals surface area contributed by atoms with Crippen LogP contribution in [0.3, 0.4) is 0 Å². The second-order valence-corrected chi connectivity index (χ2v) is 6.55. The molecule has 0 bridgehead atoms. The minimum Gasteiger partial charge on any atom is -0.490 e. The molecule has 0 saturated heterocycles. The van der Waals surface area contributed by atoms with Crippen molar-refractivity contribution in [1.29, 1.82) is 0 Å². The lowest BCUT2D eigenvalue weighted by Gasteiger charge is -2.17. The van der Waals surface area contributed by atoms with Crippen LogP contribution in [0.2, 0.25) is 0 Å². The predicted molar refractivity (Wildman–Crippen MR) is 101 cm³/mol. The molecular formula is C21H23NO5. The van der Waals surface area contributed by atoms with Gasteiger partial charge < -0.3 is 19.5 Å². The molecule has 1 heterocycles. The van der Waals surface area contributed by atoms with Crippen LogP contribution in [0.1, 0.15) is 23.1 Å². The van der Waals surface area contributed by atoms with Crippen LogP contribution >= 0.6 is 0 Å². The third kappa shape index (κ3) is 5.48. The van der Waals surface area contributed by atoms with Crippen LogP contribution in [0.4, 0.5) is 5.69 Å². The zero-order chi connectivity index (χ0) is 19.2. The molecule has 0 saturated carbocycles. The maximum Gasteiger partial charge on any atom is 0.344 e. The average molecular weight is 369 g/mol. The Labute approximate surface area is 158 Å². The van der Waals surface area contributed by atoms with Gasteiger partial charge in [0, 0.05) is 12.1 Å². The summed E-state index contributed by atoms with van der Waals surface area (Å²) in [6, 6.07) is 11.3. The Morgan fingerprint density at radius 2 is 1.74 bits per heavy atom. The van der Waals surface area contributed by atoms with Gasteiger partial charge in [0.1, 0.15) is 24.7 Å².